The van der Waals surface area contributed by atoms with E-state index >= 15 is 0 Å². The maximum Gasteiger partial charge on any atom is 0.338 e. The largest absolute Gasteiger partial charge is 0.463 e. The molecule has 1 saturated heterocycles. The maximum atomic E-state index is 13.1. The second kappa shape index (κ2) is 12.8. The molecule has 10 heteroatoms. The Labute approximate surface area is 224 Å². The summed E-state index contributed by atoms with van der Waals surface area (Å²) in [6, 6.07) is 23.9. The summed E-state index contributed by atoms with van der Waals surface area (Å²) in [5.74, 6) is -3.13. The number of rotatable bonds is 8. The van der Waals surface area contributed by atoms with E-state index in [1.165, 1.54) is 43.3 Å². The molecule has 1 N–H and O–H groups in total. The highest BCUT2D eigenvalue weighted by Crippen LogP contribution is 2.30. The minimum Gasteiger partial charge on any atom is -0.463 e. The van der Waals surface area contributed by atoms with Crippen molar-refractivity contribution in [3.8, 4) is 0 Å². The molecule has 3 aromatic rings. The molecule has 0 bridgehead atoms. The van der Waals surface area contributed by atoms with Gasteiger partial charge in [0.25, 0.3) is 0 Å². The van der Waals surface area contributed by atoms with E-state index in [0.29, 0.717) is 0 Å². The second-order valence-electron chi connectivity index (χ2n) is 8.58. The Balaban J connectivity index is 1.69. The lowest BCUT2D eigenvalue weighted by molar-refractivity contribution is -0.285. The minimum absolute atomic E-state index is 0.163. The summed E-state index contributed by atoms with van der Waals surface area (Å²) < 4.78 is 27.6. The van der Waals surface area contributed by atoms with Crippen LogP contribution >= 0.6 is 0 Å². The number of ether oxygens (including phenoxy) is 5. The molecule has 0 aromatic heterocycles. The van der Waals surface area contributed by atoms with Crippen LogP contribution in [0.25, 0.3) is 0 Å². The first kappa shape index (κ1) is 27.5. The zero-order chi connectivity index (χ0) is 27.8. The Hall–Kier alpha value is -4.54. The van der Waals surface area contributed by atoms with Crippen molar-refractivity contribution >= 4 is 23.9 Å². The standard InChI is InChI=1S/C29H26O10/c1-18(30)35-17-22-23(37-26(31)19-11-5-2-6-12-19)24(38-27(32)20-13-7-3-8-14-20)25(29(34)36-22)39-28(33)21-15-9-4-10-16-21/h2-16,22-25,29,34H,17H2,1H3/t22?,23-,24?,25?,29+/m1/s1. The summed E-state index contributed by atoms with van der Waals surface area (Å²) in [5.41, 5.74) is 0.509. The molecule has 4 rings (SSSR count). The number of carbonyl (C=O) groups is 4. The van der Waals surface area contributed by atoms with Crippen LogP contribution < -0.4 is 0 Å². The van der Waals surface area contributed by atoms with Crippen molar-refractivity contribution in [2.75, 3.05) is 6.61 Å². The number of benzene rings is 3. The average molecular weight is 535 g/mol. The lowest BCUT2D eigenvalue weighted by atomic mass is 9.97. The van der Waals surface area contributed by atoms with Crippen LogP contribution in [0.4, 0.5) is 0 Å². The van der Waals surface area contributed by atoms with Gasteiger partial charge < -0.3 is 28.8 Å². The molecule has 5 atom stereocenters. The second-order valence-corrected chi connectivity index (χ2v) is 8.58. The van der Waals surface area contributed by atoms with Crippen molar-refractivity contribution < 1.29 is 48.0 Å². The molecule has 0 radical (unpaired) electrons. The molecule has 3 unspecified atom stereocenters. The number of esters is 4. The van der Waals surface area contributed by atoms with Crippen LogP contribution in [0.3, 0.4) is 0 Å². The van der Waals surface area contributed by atoms with Crippen molar-refractivity contribution in [2.24, 2.45) is 0 Å². The number of aliphatic hydroxyl groups excluding tert-OH is 1. The summed E-state index contributed by atoms with van der Waals surface area (Å²) >= 11 is 0. The van der Waals surface area contributed by atoms with E-state index in [-0.39, 0.29) is 16.7 Å². The van der Waals surface area contributed by atoms with E-state index in [1.54, 1.807) is 54.6 Å². The lowest BCUT2D eigenvalue weighted by Crippen LogP contribution is -2.62. The van der Waals surface area contributed by atoms with Crippen LogP contribution in [0, 0.1) is 0 Å². The van der Waals surface area contributed by atoms with Crippen LogP contribution in [0.15, 0.2) is 91.0 Å². The van der Waals surface area contributed by atoms with Crippen LogP contribution in [0.1, 0.15) is 38.0 Å². The number of carbonyl (C=O) groups excluding carboxylic acids is 4. The van der Waals surface area contributed by atoms with Gasteiger partial charge in [-0.25, -0.2) is 14.4 Å². The van der Waals surface area contributed by atoms with E-state index in [0.717, 1.165) is 0 Å². The lowest BCUT2D eigenvalue weighted by Gasteiger charge is -2.42. The molecule has 0 aliphatic carbocycles. The van der Waals surface area contributed by atoms with Gasteiger partial charge in [-0.15, -0.1) is 0 Å². The predicted molar refractivity (Wildman–Crippen MR) is 134 cm³/mol. The van der Waals surface area contributed by atoms with Gasteiger partial charge in [-0.1, -0.05) is 54.6 Å². The molecule has 1 heterocycles. The van der Waals surface area contributed by atoms with E-state index < -0.39 is 61.2 Å². The highest BCUT2D eigenvalue weighted by atomic mass is 16.7. The highest BCUT2D eigenvalue weighted by molar-refractivity contribution is 5.91. The molecule has 1 fully saturated rings. The van der Waals surface area contributed by atoms with Crippen LogP contribution in [0.5, 0.6) is 0 Å². The fourth-order valence-electron chi connectivity index (χ4n) is 3.93. The van der Waals surface area contributed by atoms with Gasteiger partial charge in [0, 0.05) is 6.92 Å². The van der Waals surface area contributed by atoms with Crippen molar-refractivity contribution in [1.29, 1.82) is 0 Å². The molecule has 0 amide bonds. The van der Waals surface area contributed by atoms with Crippen LogP contribution in [-0.4, -0.2) is 66.3 Å². The van der Waals surface area contributed by atoms with Gasteiger partial charge >= 0.3 is 23.9 Å². The predicted octanol–water partition coefficient (Wildman–Crippen LogP) is 2.94. The molecule has 202 valence electrons. The topological polar surface area (TPSA) is 135 Å². The molecule has 1 aliphatic heterocycles. The van der Waals surface area contributed by atoms with E-state index in [9.17, 15) is 24.3 Å². The number of hydrogen-bond acceptors (Lipinski definition) is 10. The van der Waals surface area contributed by atoms with Gasteiger partial charge in [0.05, 0.1) is 16.7 Å². The van der Waals surface area contributed by atoms with Gasteiger partial charge in [0.2, 0.25) is 0 Å². The van der Waals surface area contributed by atoms with Crippen LogP contribution in [0.2, 0.25) is 0 Å². The van der Waals surface area contributed by atoms with Gasteiger partial charge in [0.1, 0.15) is 12.7 Å². The molecule has 0 spiro atoms. The minimum atomic E-state index is -1.82. The first-order chi connectivity index (χ1) is 18.8. The smallest absolute Gasteiger partial charge is 0.338 e. The Morgan fingerprint density at radius 1 is 0.641 bits per heavy atom. The SMILES string of the molecule is CC(=O)OCC1O[C@H](O)C(OC(=O)c2ccccc2)C(OC(=O)c2ccccc2)[C@@H]1OC(=O)c1ccccc1. The first-order valence-electron chi connectivity index (χ1n) is 12.1. The summed E-state index contributed by atoms with van der Waals surface area (Å²) in [5, 5.41) is 10.9. The fraction of sp³-hybridized carbons (Fsp3) is 0.241. The van der Waals surface area contributed by atoms with Gasteiger partial charge in [-0.05, 0) is 36.4 Å². The van der Waals surface area contributed by atoms with E-state index in [1.807, 2.05) is 0 Å². The van der Waals surface area contributed by atoms with E-state index in [4.69, 9.17) is 23.7 Å². The monoisotopic (exact) mass is 534 g/mol. The highest BCUT2D eigenvalue weighted by Gasteiger charge is 2.52. The summed E-state index contributed by atoms with van der Waals surface area (Å²) in [6.45, 7) is 0.722. The maximum absolute atomic E-state index is 13.1. The quantitative estimate of drug-likeness (QED) is 0.339. The molecule has 3 aromatic carbocycles. The van der Waals surface area contributed by atoms with E-state index in [2.05, 4.69) is 0 Å². The zero-order valence-corrected chi connectivity index (χ0v) is 20.9. The Kier molecular flexibility index (Phi) is 9.03. The molecule has 39 heavy (non-hydrogen) atoms. The third-order valence-electron chi connectivity index (χ3n) is 5.82. The molecular weight excluding hydrogens is 508 g/mol. The Morgan fingerprint density at radius 2 is 1.03 bits per heavy atom. The molecular formula is C29H26O10. The van der Waals surface area contributed by atoms with Gasteiger partial charge in [-0.3, -0.25) is 4.79 Å². The first-order valence-corrected chi connectivity index (χ1v) is 12.1. The van der Waals surface area contributed by atoms with Crippen LogP contribution in [-0.2, 0) is 28.5 Å². The van der Waals surface area contributed by atoms with Crippen molar-refractivity contribution in [3.63, 3.8) is 0 Å². The normalized spacial score (nSPS) is 22.3. The number of hydrogen-bond donors (Lipinski definition) is 1. The Morgan fingerprint density at radius 3 is 1.44 bits per heavy atom. The fourth-order valence-corrected chi connectivity index (χ4v) is 3.93. The summed E-state index contributed by atoms with van der Waals surface area (Å²) in [4.78, 5) is 50.5. The third-order valence-corrected chi connectivity index (χ3v) is 5.82. The van der Waals surface area contributed by atoms with Crippen molar-refractivity contribution in [3.05, 3.63) is 108 Å². The zero-order valence-electron chi connectivity index (χ0n) is 20.9. The van der Waals surface area contributed by atoms with Gasteiger partial charge in [0.15, 0.2) is 24.6 Å². The van der Waals surface area contributed by atoms with Crippen molar-refractivity contribution in [2.45, 2.75) is 37.6 Å². The molecule has 1 aliphatic rings. The Bertz CT molecular complexity index is 1280. The average Bonchev–Trinajstić information content (AvgIpc) is 2.96. The summed E-state index contributed by atoms with van der Waals surface area (Å²) in [7, 11) is 0. The number of aliphatic hydroxyl groups is 1. The molecule has 10 nitrogen and oxygen atoms in total. The molecule has 0 saturated carbocycles. The third kappa shape index (κ3) is 7.07. The summed E-state index contributed by atoms with van der Waals surface area (Å²) in [6.07, 6.45) is -7.67. The van der Waals surface area contributed by atoms with Crippen molar-refractivity contribution in [1.82, 2.24) is 0 Å². The van der Waals surface area contributed by atoms with Gasteiger partial charge in [-0.2, -0.15) is 0 Å².